The Morgan fingerprint density at radius 1 is 1.22 bits per heavy atom. The number of nitrogens with zero attached hydrogens (tertiary/aromatic N) is 4. The van der Waals surface area contributed by atoms with Crippen molar-refractivity contribution >= 4 is 40.0 Å². The predicted molar refractivity (Wildman–Crippen MR) is 138 cm³/mol. The fourth-order valence-electron chi connectivity index (χ4n) is 4.26. The third kappa shape index (κ3) is 4.78. The van der Waals surface area contributed by atoms with E-state index in [1.807, 2.05) is 36.7 Å². The van der Waals surface area contributed by atoms with E-state index in [0.29, 0.717) is 25.1 Å². The number of phenols is 1. The van der Waals surface area contributed by atoms with E-state index in [0.717, 1.165) is 22.8 Å². The van der Waals surface area contributed by atoms with Gasteiger partial charge in [0.1, 0.15) is 11.9 Å². The van der Waals surface area contributed by atoms with Crippen LogP contribution in [0.4, 0.5) is 27.5 Å². The summed E-state index contributed by atoms with van der Waals surface area (Å²) < 4.78 is 16.5. The smallest absolute Gasteiger partial charge is 0.226 e. The summed E-state index contributed by atoms with van der Waals surface area (Å²) in [6.45, 7) is 0.557. The summed E-state index contributed by atoms with van der Waals surface area (Å²) in [7, 11) is 1.63. The van der Waals surface area contributed by atoms with Gasteiger partial charge in [0.15, 0.2) is 11.6 Å². The van der Waals surface area contributed by atoms with Gasteiger partial charge in [-0.15, -0.1) is 0 Å². The number of para-hydroxylation sites is 1. The molecular weight excluding hydrogens is 461 g/mol. The molecule has 10 heteroatoms. The quantitative estimate of drug-likeness (QED) is 0.293. The molecule has 4 N–H and O–H groups in total. The number of hydrogen-bond acceptors (Lipinski definition) is 7. The number of hydrogen-bond donors (Lipinski definition) is 4. The number of carbonyl (C=O) groups excluding carboxylic acids is 1. The van der Waals surface area contributed by atoms with Crippen LogP contribution in [0.1, 0.15) is 12.8 Å². The van der Waals surface area contributed by atoms with Crippen molar-refractivity contribution in [3.05, 3.63) is 79.0 Å². The van der Waals surface area contributed by atoms with Crippen LogP contribution in [0.5, 0.6) is 5.75 Å². The number of carbonyl (C=O) groups is 1. The van der Waals surface area contributed by atoms with Gasteiger partial charge in [-0.25, -0.2) is 9.37 Å². The van der Waals surface area contributed by atoms with Crippen molar-refractivity contribution in [1.82, 2.24) is 19.9 Å². The predicted octanol–water partition coefficient (Wildman–Crippen LogP) is 4.32. The molecule has 184 valence electrons. The highest BCUT2D eigenvalue weighted by Crippen LogP contribution is 2.34. The number of fused-ring (bicyclic) bond motifs is 1. The summed E-state index contributed by atoms with van der Waals surface area (Å²) in [4.78, 5) is 22.3. The minimum atomic E-state index is -0.607. The fourth-order valence-corrected chi connectivity index (χ4v) is 4.26. The van der Waals surface area contributed by atoms with Crippen LogP contribution in [0.3, 0.4) is 0 Å². The third-order valence-corrected chi connectivity index (χ3v) is 6.01. The summed E-state index contributed by atoms with van der Waals surface area (Å²) in [6.07, 6.45) is 8.07. The third-order valence-electron chi connectivity index (χ3n) is 6.01. The van der Waals surface area contributed by atoms with Gasteiger partial charge >= 0.3 is 0 Å². The second kappa shape index (κ2) is 9.95. The molecule has 1 unspecified atom stereocenters. The molecule has 36 heavy (non-hydrogen) atoms. The Hall–Kier alpha value is -4.60. The number of benzene rings is 2. The number of rotatable bonds is 8. The van der Waals surface area contributed by atoms with E-state index in [1.165, 1.54) is 12.1 Å². The molecule has 1 amide bonds. The molecule has 0 fully saturated rings. The zero-order chi connectivity index (χ0) is 25.1. The molecule has 2 aromatic carbocycles. The van der Waals surface area contributed by atoms with Crippen molar-refractivity contribution in [1.29, 1.82) is 0 Å². The first-order valence-corrected chi connectivity index (χ1v) is 11.6. The number of aromatic nitrogens is 3. The highest BCUT2D eigenvalue weighted by atomic mass is 19.1. The molecule has 0 saturated heterocycles. The first-order valence-electron chi connectivity index (χ1n) is 11.6. The highest BCUT2D eigenvalue weighted by Gasteiger charge is 2.25. The van der Waals surface area contributed by atoms with Gasteiger partial charge in [0, 0.05) is 56.0 Å². The van der Waals surface area contributed by atoms with Crippen LogP contribution in [0.15, 0.2) is 73.2 Å². The van der Waals surface area contributed by atoms with Crippen LogP contribution in [0.25, 0.3) is 10.9 Å². The van der Waals surface area contributed by atoms with Crippen LogP contribution in [0, 0.1) is 5.82 Å². The molecule has 4 aromatic rings. The van der Waals surface area contributed by atoms with Gasteiger partial charge in [0.05, 0.1) is 17.4 Å². The standard InChI is InChI=1S/C26H26FN7O2/c1-28-24(36)11-13-33-16-22(19-8-2-3-9-21(19)33)34-12-5-10-23(34)31-26-29-15-20(27)25(32-26)30-17-6-4-7-18(35)14-17/h2-9,12,14-16,23,35H,10-11,13H2,1H3,(H,28,36)(H2,29,30,31,32). The van der Waals surface area contributed by atoms with Crippen molar-refractivity contribution in [2.24, 2.45) is 0 Å². The number of aromatic hydroxyl groups is 1. The van der Waals surface area contributed by atoms with Crippen LogP contribution in [0.2, 0.25) is 0 Å². The Balaban J connectivity index is 1.39. The van der Waals surface area contributed by atoms with Gasteiger partial charge in [0.25, 0.3) is 0 Å². The number of aryl methyl sites for hydroxylation is 1. The molecule has 3 heterocycles. The lowest BCUT2D eigenvalue weighted by Gasteiger charge is -2.26. The van der Waals surface area contributed by atoms with Gasteiger partial charge in [0.2, 0.25) is 11.9 Å². The molecule has 2 aromatic heterocycles. The summed E-state index contributed by atoms with van der Waals surface area (Å²) in [5.74, 6) is -0.291. The topological polar surface area (TPSA) is 107 Å². The second-order valence-corrected chi connectivity index (χ2v) is 8.40. The molecule has 0 aliphatic carbocycles. The van der Waals surface area contributed by atoms with Crippen LogP contribution < -0.4 is 20.9 Å². The molecule has 1 aliphatic rings. The van der Waals surface area contributed by atoms with E-state index in [1.54, 1.807) is 19.2 Å². The Morgan fingerprint density at radius 2 is 2.08 bits per heavy atom. The molecule has 9 nitrogen and oxygen atoms in total. The zero-order valence-corrected chi connectivity index (χ0v) is 19.6. The van der Waals surface area contributed by atoms with Crippen LogP contribution >= 0.6 is 0 Å². The number of phenolic OH excluding ortho intramolecular Hbond substituents is 1. The van der Waals surface area contributed by atoms with Crippen LogP contribution in [-0.4, -0.2) is 38.8 Å². The Labute approximate surface area is 207 Å². The van der Waals surface area contributed by atoms with Gasteiger partial charge in [-0.1, -0.05) is 30.3 Å². The molecule has 1 aliphatic heterocycles. The van der Waals surface area contributed by atoms with Crippen molar-refractivity contribution in [3.8, 4) is 5.75 Å². The average Bonchev–Trinajstić information content (AvgIpc) is 3.49. The first kappa shape index (κ1) is 23.2. The minimum absolute atomic E-state index is 0.00131. The Bertz CT molecular complexity index is 1440. The average molecular weight is 488 g/mol. The van der Waals surface area contributed by atoms with E-state index in [-0.39, 0.29) is 29.6 Å². The lowest BCUT2D eigenvalue weighted by Crippen LogP contribution is -2.34. The largest absolute Gasteiger partial charge is 0.508 e. The zero-order valence-electron chi connectivity index (χ0n) is 19.6. The number of halogens is 1. The first-order chi connectivity index (χ1) is 17.5. The summed E-state index contributed by atoms with van der Waals surface area (Å²) in [5.41, 5.74) is 2.52. The van der Waals surface area contributed by atoms with Gasteiger partial charge in [-0.05, 0) is 18.2 Å². The monoisotopic (exact) mass is 487 g/mol. The normalized spacial score (nSPS) is 14.8. The molecule has 0 radical (unpaired) electrons. The summed E-state index contributed by atoms with van der Waals surface area (Å²) >= 11 is 0. The van der Waals surface area contributed by atoms with Gasteiger partial charge < -0.3 is 30.5 Å². The molecule has 0 bridgehead atoms. The van der Waals surface area contributed by atoms with E-state index >= 15 is 0 Å². The lowest BCUT2D eigenvalue weighted by molar-refractivity contribution is -0.120. The SMILES string of the molecule is CNC(=O)CCn1cc(N2C=CCC2Nc2ncc(F)c(Nc3cccc(O)c3)n2)c2ccccc21. The number of anilines is 4. The molecular formula is C26H26FN7O2. The molecule has 5 rings (SSSR count). The van der Waals surface area contributed by atoms with Crippen molar-refractivity contribution in [2.75, 3.05) is 22.6 Å². The Morgan fingerprint density at radius 3 is 2.92 bits per heavy atom. The maximum atomic E-state index is 14.4. The number of nitrogens with one attached hydrogen (secondary N) is 3. The molecule has 0 saturated carbocycles. The summed E-state index contributed by atoms with van der Waals surface area (Å²) in [5, 5.41) is 19.6. The van der Waals surface area contributed by atoms with Crippen molar-refractivity contribution in [3.63, 3.8) is 0 Å². The van der Waals surface area contributed by atoms with E-state index in [2.05, 4.69) is 41.5 Å². The van der Waals surface area contributed by atoms with Crippen LogP contribution in [-0.2, 0) is 11.3 Å². The van der Waals surface area contributed by atoms with E-state index in [4.69, 9.17) is 0 Å². The fraction of sp³-hybridized carbons (Fsp3) is 0.192. The molecule has 0 spiro atoms. The number of amides is 1. The minimum Gasteiger partial charge on any atom is -0.508 e. The van der Waals surface area contributed by atoms with E-state index in [9.17, 15) is 14.3 Å². The maximum Gasteiger partial charge on any atom is 0.226 e. The second-order valence-electron chi connectivity index (χ2n) is 8.40. The molecule has 1 atom stereocenters. The maximum absolute atomic E-state index is 14.4. The highest BCUT2D eigenvalue weighted by molar-refractivity contribution is 5.94. The van der Waals surface area contributed by atoms with E-state index < -0.39 is 5.82 Å². The lowest BCUT2D eigenvalue weighted by atomic mass is 10.2. The van der Waals surface area contributed by atoms with Crippen molar-refractivity contribution < 1.29 is 14.3 Å². The van der Waals surface area contributed by atoms with Crippen molar-refractivity contribution in [2.45, 2.75) is 25.6 Å². The van der Waals surface area contributed by atoms with Gasteiger partial charge in [-0.2, -0.15) is 4.98 Å². The van der Waals surface area contributed by atoms with Gasteiger partial charge in [-0.3, -0.25) is 4.79 Å². The summed E-state index contributed by atoms with van der Waals surface area (Å²) in [6, 6.07) is 14.4. The Kier molecular flexibility index (Phi) is 6.40.